The number of anilines is 3. The van der Waals surface area contributed by atoms with Crippen LogP contribution < -0.4 is 4.90 Å². The Morgan fingerprint density at radius 1 is 0.250 bits per heavy atom. The number of rotatable bonds is 8. The van der Waals surface area contributed by atoms with Gasteiger partial charge in [0, 0.05) is 39.0 Å². The van der Waals surface area contributed by atoms with Crippen LogP contribution in [0.1, 0.15) is 0 Å². The number of para-hydroxylation sites is 3. The second kappa shape index (κ2) is 14.4. The van der Waals surface area contributed by atoms with Crippen molar-refractivity contribution in [1.29, 1.82) is 0 Å². The summed E-state index contributed by atoms with van der Waals surface area (Å²) in [6.45, 7) is 0. The van der Waals surface area contributed by atoms with E-state index >= 15 is 0 Å². The van der Waals surface area contributed by atoms with Crippen LogP contribution in [0, 0.1) is 0 Å². The van der Waals surface area contributed by atoms with Crippen LogP contribution in [0.4, 0.5) is 17.1 Å². The molecule has 0 unspecified atom stereocenters. The van der Waals surface area contributed by atoms with Gasteiger partial charge in [0.15, 0.2) is 0 Å². The third kappa shape index (κ3) is 6.14. The van der Waals surface area contributed by atoms with Crippen LogP contribution in [0.2, 0.25) is 0 Å². The molecule has 0 N–H and O–H groups in total. The van der Waals surface area contributed by atoms with Gasteiger partial charge in [-0.05, 0) is 87.0 Å². The van der Waals surface area contributed by atoms with E-state index in [-0.39, 0.29) is 0 Å². The standard InChI is InChI=1S/C54H37NO/c1-5-15-39(16-6-1)47-36-31-43(37-52(47)41-19-9-3-10-20-41)38-27-32-45(33-28-38)55(44-21-11-4-12-22-44)46-34-29-42(30-35-46)49-24-14-26-51-50-25-13-23-48(53(50)56-54(49)51)40-17-7-2-8-18-40/h1-37H. The van der Waals surface area contributed by atoms with Gasteiger partial charge in [-0.15, -0.1) is 0 Å². The van der Waals surface area contributed by atoms with E-state index in [2.05, 4.69) is 223 Å². The molecule has 1 aromatic heterocycles. The molecule has 0 radical (unpaired) electrons. The minimum Gasteiger partial charge on any atom is -0.455 e. The van der Waals surface area contributed by atoms with Crippen molar-refractivity contribution in [3.63, 3.8) is 0 Å². The summed E-state index contributed by atoms with van der Waals surface area (Å²) in [7, 11) is 0. The summed E-state index contributed by atoms with van der Waals surface area (Å²) in [6, 6.07) is 79.8. The highest BCUT2D eigenvalue weighted by Gasteiger charge is 2.18. The summed E-state index contributed by atoms with van der Waals surface area (Å²) in [4.78, 5) is 2.31. The van der Waals surface area contributed by atoms with Gasteiger partial charge in [-0.25, -0.2) is 0 Å². The van der Waals surface area contributed by atoms with Gasteiger partial charge in [0.25, 0.3) is 0 Å². The fraction of sp³-hybridized carbons (Fsp3) is 0. The van der Waals surface area contributed by atoms with Crippen molar-refractivity contribution < 1.29 is 4.42 Å². The van der Waals surface area contributed by atoms with Crippen molar-refractivity contribution in [3.8, 4) is 55.6 Å². The zero-order chi connectivity index (χ0) is 37.3. The molecule has 2 heteroatoms. The largest absolute Gasteiger partial charge is 0.455 e. The molecule has 9 aromatic carbocycles. The smallest absolute Gasteiger partial charge is 0.143 e. The minimum absolute atomic E-state index is 0.904. The second-order valence-electron chi connectivity index (χ2n) is 14.1. The fourth-order valence-corrected chi connectivity index (χ4v) is 7.96. The molecule has 0 aliphatic rings. The molecule has 2 nitrogen and oxygen atoms in total. The van der Waals surface area contributed by atoms with Crippen molar-refractivity contribution in [2.24, 2.45) is 0 Å². The highest BCUT2D eigenvalue weighted by atomic mass is 16.3. The molecular weight excluding hydrogens is 679 g/mol. The maximum atomic E-state index is 6.74. The topological polar surface area (TPSA) is 16.4 Å². The SMILES string of the molecule is c1ccc(-c2ccc(-c3ccc(N(c4ccccc4)c4ccc(-c5cccc6c5oc5c(-c7ccccc7)cccc56)cc4)cc3)cc2-c2ccccc2)cc1. The summed E-state index contributed by atoms with van der Waals surface area (Å²) in [6.07, 6.45) is 0. The molecule has 0 atom stereocenters. The first-order valence-corrected chi connectivity index (χ1v) is 19.1. The van der Waals surface area contributed by atoms with Crippen molar-refractivity contribution in [3.05, 3.63) is 224 Å². The Morgan fingerprint density at radius 2 is 0.643 bits per heavy atom. The summed E-state index contributed by atoms with van der Waals surface area (Å²) < 4.78 is 6.74. The van der Waals surface area contributed by atoms with Crippen LogP contribution in [-0.2, 0) is 0 Å². The number of furan rings is 1. The number of fused-ring (bicyclic) bond motifs is 3. The number of nitrogens with zero attached hydrogens (tertiary/aromatic N) is 1. The molecule has 264 valence electrons. The van der Waals surface area contributed by atoms with Crippen LogP contribution in [-0.4, -0.2) is 0 Å². The van der Waals surface area contributed by atoms with E-state index in [0.29, 0.717) is 0 Å². The molecule has 0 spiro atoms. The molecule has 0 bridgehead atoms. The lowest BCUT2D eigenvalue weighted by molar-refractivity contribution is 0.671. The third-order valence-electron chi connectivity index (χ3n) is 10.7. The van der Waals surface area contributed by atoms with Crippen molar-refractivity contribution in [2.45, 2.75) is 0 Å². The van der Waals surface area contributed by atoms with E-state index < -0.39 is 0 Å². The number of hydrogen-bond donors (Lipinski definition) is 0. The predicted molar refractivity (Wildman–Crippen MR) is 236 cm³/mol. The normalized spacial score (nSPS) is 11.2. The molecule has 10 aromatic rings. The maximum Gasteiger partial charge on any atom is 0.143 e. The molecule has 10 rings (SSSR count). The average molecular weight is 716 g/mol. The van der Waals surface area contributed by atoms with Gasteiger partial charge < -0.3 is 9.32 Å². The lowest BCUT2D eigenvalue weighted by atomic mass is 9.91. The Hall–Kier alpha value is -7.42. The molecule has 56 heavy (non-hydrogen) atoms. The van der Waals surface area contributed by atoms with Crippen molar-refractivity contribution >= 4 is 39.0 Å². The van der Waals surface area contributed by atoms with E-state index in [9.17, 15) is 0 Å². The lowest BCUT2D eigenvalue weighted by Gasteiger charge is -2.26. The molecule has 1 heterocycles. The highest BCUT2D eigenvalue weighted by molar-refractivity contribution is 6.13. The van der Waals surface area contributed by atoms with Gasteiger partial charge in [0.05, 0.1) is 0 Å². The van der Waals surface area contributed by atoms with Crippen molar-refractivity contribution in [2.75, 3.05) is 4.90 Å². The first-order valence-electron chi connectivity index (χ1n) is 19.1. The Balaban J connectivity index is 1.01. The van der Waals surface area contributed by atoms with E-state index in [1.165, 1.54) is 33.4 Å². The Bertz CT molecular complexity index is 2920. The van der Waals surface area contributed by atoms with Gasteiger partial charge in [0.2, 0.25) is 0 Å². The van der Waals surface area contributed by atoms with Gasteiger partial charge in [-0.2, -0.15) is 0 Å². The van der Waals surface area contributed by atoms with Gasteiger partial charge in [0.1, 0.15) is 11.2 Å². The number of benzene rings is 9. The van der Waals surface area contributed by atoms with Crippen molar-refractivity contribution in [1.82, 2.24) is 0 Å². The summed E-state index contributed by atoms with van der Waals surface area (Å²) >= 11 is 0. The monoisotopic (exact) mass is 715 g/mol. The van der Waals surface area contributed by atoms with Crippen LogP contribution in [0.25, 0.3) is 77.6 Å². The summed E-state index contributed by atoms with van der Waals surface area (Å²) in [5.74, 6) is 0. The maximum absolute atomic E-state index is 6.74. The Labute approximate surface area is 327 Å². The van der Waals surface area contributed by atoms with E-state index in [1.54, 1.807) is 0 Å². The first kappa shape index (κ1) is 33.2. The first-order chi connectivity index (χ1) is 27.8. The van der Waals surface area contributed by atoms with Gasteiger partial charge >= 0.3 is 0 Å². The zero-order valence-electron chi connectivity index (χ0n) is 30.7. The second-order valence-corrected chi connectivity index (χ2v) is 14.1. The summed E-state index contributed by atoms with van der Waals surface area (Å²) in [5, 5.41) is 2.25. The predicted octanol–water partition coefficient (Wildman–Crippen LogP) is 15.4. The Morgan fingerprint density at radius 3 is 1.16 bits per heavy atom. The molecule has 0 saturated carbocycles. The third-order valence-corrected chi connectivity index (χ3v) is 10.7. The fourth-order valence-electron chi connectivity index (χ4n) is 7.96. The zero-order valence-corrected chi connectivity index (χ0v) is 30.7. The number of hydrogen-bond acceptors (Lipinski definition) is 2. The van der Waals surface area contributed by atoms with E-state index in [0.717, 1.165) is 61.3 Å². The lowest BCUT2D eigenvalue weighted by Crippen LogP contribution is -2.09. The van der Waals surface area contributed by atoms with E-state index in [1.807, 2.05) is 6.07 Å². The summed E-state index contributed by atoms with van der Waals surface area (Å²) in [5.41, 5.74) is 16.7. The molecular formula is C54H37NO. The van der Waals surface area contributed by atoms with E-state index in [4.69, 9.17) is 4.42 Å². The molecule has 0 aliphatic heterocycles. The van der Waals surface area contributed by atoms with Gasteiger partial charge in [-0.1, -0.05) is 182 Å². The minimum atomic E-state index is 0.904. The quantitative estimate of drug-likeness (QED) is 0.156. The Kier molecular flexibility index (Phi) is 8.55. The van der Waals surface area contributed by atoms with Crippen LogP contribution in [0.5, 0.6) is 0 Å². The average Bonchev–Trinajstić information content (AvgIpc) is 3.68. The van der Waals surface area contributed by atoms with Crippen LogP contribution in [0.3, 0.4) is 0 Å². The van der Waals surface area contributed by atoms with Crippen LogP contribution >= 0.6 is 0 Å². The highest BCUT2D eigenvalue weighted by Crippen LogP contribution is 2.42. The molecule has 0 aliphatic carbocycles. The molecule has 0 fully saturated rings. The molecule has 0 saturated heterocycles. The van der Waals surface area contributed by atoms with Crippen LogP contribution in [0.15, 0.2) is 229 Å². The van der Waals surface area contributed by atoms with Gasteiger partial charge in [-0.3, -0.25) is 0 Å². The molecule has 0 amide bonds.